The number of aromatic nitrogens is 1. The van der Waals surface area contributed by atoms with Crippen LogP contribution in [0.25, 0.3) is 10.6 Å². The van der Waals surface area contributed by atoms with E-state index in [1.54, 1.807) is 5.38 Å². The van der Waals surface area contributed by atoms with Gasteiger partial charge in [-0.15, -0.1) is 11.3 Å². The van der Waals surface area contributed by atoms with Gasteiger partial charge in [-0.1, -0.05) is 48.5 Å². The second kappa shape index (κ2) is 8.57. The molecule has 0 radical (unpaired) electrons. The van der Waals surface area contributed by atoms with Crippen molar-refractivity contribution in [2.24, 2.45) is 0 Å². The monoisotopic (exact) mass is 419 g/mol. The van der Waals surface area contributed by atoms with Crippen molar-refractivity contribution in [2.75, 3.05) is 0 Å². The molecule has 1 unspecified atom stereocenters. The Labute approximate surface area is 168 Å². The predicted octanol–water partition coefficient (Wildman–Crippen LogP) is 5.20. The van der Waals surface area contributed by atoms with E-state index in [0.29, 0.717) is 10.7 Å². The zero-order valence-corrected chi connectivity index (χ0v) is 15.8. The molecule has 4 nitrogen and oxygen atoms in total. The molecule has 0 aliphatic carbocycles. The number of rotatable bonds is 7. The van der Waals surface area contributed by atoms with Crippen LogP contribution in [0.2, 0.25) is 0 Å². The van der Waals surface area contributed by atoms with E-state index < -0.39 is 41.4 Å². The van der Waals surface area contributed by atoms with E-state index in [1.807, 2.05) is 30.3 Å². The third-order valence-electron chi connectivity index (χ3n) is 4.32. The lowest BCUT2D eigenvalue weighted by Gasteiger charge is -2.18. The van der Waals surface area contributed by atoms with Gasteiger partial charge in [0.2, 0.25) is 0 Å². The fourth-order valence-electron chi connectivity index (χ4n) is 2.99. The number of hydrogen-bond acceptors (Lipinski definition) is 4. The number of alkyl halides is 3. The average molecular weight is 419 g/mol. The number of carboxylic acid groups (broad SMARTS) is 1. The summed E-state index contributed by atoms with van der Waals surface area (Å²) in [5.74, 6) is -3.54. The van der Waals surface area contributed by atoms with E-state index in [0.717, 1.165) is 17.7 Å². The zero-order valence-electron chi connectivity index (χ0n) is 15.0. The van der Waals surface area contributed by atoms with Gasteiger partial charge in [-0.05, 0) is 11.6 Å². The number of nitrogens with zero attached hydrogens (tertiary/aromatic N) is 1. The molecule has 1 heterocycles. The molecule has 0 saturated heterocycles. The van der Waals surface area contributed by atoms with Crippen molar-refractivity contribution in [2.45, 2.75) is 24.9 Å². The van der Waals surface area contributed by atoms with Crippen molar-refractivity contribution in [3.8, 4) is 10.6 Å². The quantitative estimate of drug-likeness (QED) is 0.572. The molecule has 0 spiro atoms. The molecule has 1 N–H and O–H groups in total. The molecular weight excluding hydrogens is 403 g/mol. The lowest BCUT2D eigenvalue weighted by Crippen LogP contribution is -2.21. The first-order valence-corrected chi connectivity index (χ1v) is 9.54. The molecule has 3 rings (SSSR count). The van der Waals surface area contributed by atoms with E-state index >= 15 is 0 Å². The molecule has 1 aromatic heterocycles. The van der Waals surface area contributed by atoms with Crippen molar-refractivity contribution in [3.63, 3.8) is 0 Å². The smallest absolute Gasteiger partial charge is 0.416 e. The van der Waals surface area contributed by atoms with Crippen LogP contribution in [0.5, 0.6) is 0 Å². The number of thiazole rings is 1. The summed E-state index contributed by atoms with van der Waals surface area (Å²) >= 11 is 1.34. The van der Waals surface area contributed by atoms with E-state index in [2.05, 4.69) is 4.98 Å². The SMILES string of the molecule is O=C(Cc1csc(-c2ccccc2)n1)CC(C(=O)O)c1ccccc1C(F)(F)F. The largest absolute Gasteiger partial charge is 0.481 e. The second-order valence-corrected chi connectivity index (χ2v) is 7.26. The van der Waals surface area contributed by atoms with Gasteiger partial charge in [0.15, 0.2) is 0 Å². The lowest BCUT2D eigenvalue weighted by molar-refractivity contribution is -0.143. The van der Waals surface area contributed by atoms with Gasteiger partial charge in [0.05, 0.1) is 17.2 Å². The van der Waals surface area contributed by atoms with Gasteiger partial charge in [-0.3, -0.25) is 9.59 Å². The van der Waals surface area contributed by atoms with Crippen molar-refractivity contribution in [3.05, 3.63) is 76.8 Å². The molecule has 1 atom stereocenters. The highest BCUT2D eigenvalue weighted by molar-refractivity contribution is 7.13. The molecule has 0 saturated carbocycles. The number of carboxylic acids is 1. The minimum atomic E-state index is -4.70. The van der Waals surface area contributed by atoms with Crippen LogP contribution in [-0.2, 0) is 22.2 Å². The summed E-state index contributed by atoms with van der Waals surface area (Å²) in [6.07, 6.45) is -5.38. The highest BCUT2D eigenvalue weighted by Crippen LogP contribution is 2.36. The van der Waals surface area contributed by atoms with Gasteiger partial charge >= 0.3 is 12.1 Å². The summed E-state index contributed by atoms with van der Waals surface area (Å²) in [4.78, 5) is 28.4. The molecule has 0 fully saturated rings. The van der Waals surface area contributed by atoms with Gasteiger partial charge < -0.3 is 5.11 Å². The van der Waals surface area contributed by atoms with Crippen molar-refractivity contribution >= 4 is 23.1 Å². The Kier molecular flexibility index (Phi) is 6.12. The number of ketones is 1. The Morgan fingerprint density at radius 1 is 1.03 bits per heavy atom. The molecule has 0 amide bonds. The number of aliphatic carboxylic acids is 1. The molecule has 0 aliphatic heterocycles. The van der Waals surface area contributed by atoms with Crippen LogP contribution in [0.15, 0.2) is 60.0 Å². The van der Waals surface area contributed by atoms with Crippen LogP contribution < -0.4 is 0 Å². The van der Waals surface area contributed by atoms with Crippen LogP contribution in [0.4, 0.5) is 13.2 Å². The molecule has 3 aromatic rings. The minimum absolute atomic E-state index is 0.138. The molecule has 150 valence electrons. The number of carbonyl (C=O) groups excluding carboxylic acids is 1. The summed E-state index contributed by atoms with van der Waals surface area (Å²) in [6, 6.07) is 13.8. The van der Waals surface area contributed by atoms with Gasteiger partial charge in [-0.25, -0.2) is 4.98 Å². The molecular formula is C21H16F3NO3S. The summed E-state index contributed by atoms with van der Waals surface area (Å²) in [5.41, 5.74) is -0.102. The minimum Gasteiger partial charge on any atom is -0.481 e. The Balaban J connectivity index is 1.77. The van der Waals surface area contributed by atoms with E-state index in [1.165, 1.54) is 23.5 Å². The number of benzene rings is 2. The Hall–Kier alpha value is -3.00. The van der Waals surface area contributed by atoms with Crippen LogP contribution >= 0.6 is 11.3 Å². The summed E-state index contributed by atoms with van der Waals surface area (Å²) in [7, 11) is 0. The number of hydrogen-bond donors (Lipinski definition) is 1. The standard InChI is InChI=1S/C21H16F3NO3S/c22-21(23,24)18-9-5-4-8-16(18)17(20(27)28)11-15(26)10-14-12-29-19(25-14)13-6-2-1-3-7-13/h1-9,12,17H,10-11H2,(H,27,28). The first kappa shape index (κ1) is 20.7. The fraction of sp³-hybridized carbons (Fsp3) is 0.190. The maximum absolute atomic E-state index is 13.2. The highest BCUT2D eigenvalue weighted by Gasteiger charge is 2.37. The predicted molar refractivity (Wildman–Crippen MR) is 103 cm³/mol. The molecule has 29 heavy (non-hydrogen) atoms. The van der Waals surface area contributed by atoms with Gasteiger partial charge in [0.1, 0.15) is 10.8 Å². The first-order chi connectivity index (χ1) is 13.8. The summed E-state index contributed by atoms with van der Waals surface area (Å²) in [6.45, 7) is 0. The number of halogens is 3. The Morgan fingerprint density at radius 3 is 2.34 bits per heavy atom. The lowest BCUT2D eigenvalue weighted by atomic mass is 9.89. The van der Waals surface area contributed by atoms with Gasteiger partial charge in [0, 0.05) is 23.8 Å². The van der Waals surface area contributed by atoms with Crippen LogP contribution in [0.3, 0.4) is 0 Å². The first-order valence-electron chi connectivity index (χ1n) is 8.66. The normalized spacial score (nSPS) is 12.5. The topological polar surface area (TPSA) is 67.3 Å². The van der Waals surface area contributed by atoms with Gasteiger partial charge in [-0.2, -0.15) is 13.2 Å². The molecule has 0 aliphatic rings. The van der Waals surface area contributed by atoms with Crippen molar-refractivity contribution in [1.29, 1.82) is 0 Å². The number of carbonyl (C=O) groups is 2. The Bertz CT molecular complexity index is 1020. The maximum atomic E-state index is 13.2. The molecule has 8 heteroatoms. The number of Topliss-reactive ketones (excluding diaryl/α,β-unsaturated/α-hetero) is 1. The van der Waals surface area contributed by atoms with Crippen LogP contribution in [0, 0.1) is 0 Å². The van der Waals surface area contributed by atoms with E-state index in [-0.39, 0.29) is 6.42 Å². The van der Waals surface area contributed by atoms with Crippen molar-refractivity contribution < 1.29 is 27.9 Å². The Morgan fingerprint density at radius 2 is 1.69 bits per heavy atom. The molecule has 0 bridgehead atoms. The summed E-state index contributed by atoms with van der Waals surface area (Å²) < 4.78 is 39.7. The van der Waals surface area contributed by atoms with Crippen LogP contribution in [0.1, 0.15) is 29.2 Å². The third kappa shape index (κ3) is 5.08. The maximum Gasteiger partial charge on any atom is 0.416 e. The van der Waals surface area contributed by atoms with Crippen molar-refractivity contribution in [1.82, 2.24) is 4.98 Å². The summed E-state index contributed by atoms with van der Waals surface area (Å²) in [5, 5.41) is 11.9. The van der Waals surface area contributed by atoms with E-state index in [9.17, 15) is 27.9 Å². The van der Waals surface area contributed by atoms with Crippen LogP contribution in [-0.4, -0.2) is 21.8 Å². The molecule has 2 aromatic carbocycles. The van der Waals surface area contributed by atoms with E-state index in [4.69, 9.17) is 0 Å². The second-order valence-electron chi connectivity index (χ2n) is 6.41. The highest BCUT2D eigenvalue weighted by atomic mass is 32.1. The van der Waals surface area contributed by atoms with Gasteiger partial charge in [0.25, 0.3) is 0 Å². The third-order valence-corrected chi connectivity index (χ3v) is 5.26. The fourth-order valence-corrected chi connectivity index (χ4v) is 3.82. The zero-order chi connectivity index (χ0) is 21.0. The average Bonchev–Trinajstić information content (AvgIpc) is 3.14.